The molecule has 0 atom stereocenters. The van der Waals surface area contributed by atoms with Gasteiger partial charge in [0.1, 0.15) is 5.75 Å². The number of benzene rings is 2. The fourth-order valence-electron chi connectivity index (χ4n) is 2.11. The Morgan fingerprint density at radius 3 is 2.48 bits per heavy atom. The Balaban J connectivity index is 1.63. The average Bonchev–Trinajstić information content (AvgIpc) is 3.10. The molecule has 0 aliphatic heterocycles. The van der Waals surface area contributed by atoms with E-state index in [1.165, 1.54) is 11.3 Å². The molecule has 25 heavy (non-hydrogen) atoms. The van der Waals surface area contributed by atoms with Crippen LogP contribution in [0.4, 0.5) is 15.6 Å². The van der Waals surface area contributed by atoms with Crippen LogP contribution in [0.3, 0.4) is 0 Å². The van der Waals surface area contributed by atoms with Gasteiger partial charge in [-0.05, 0) is 36.4 Å². The molecular formula is C18H14N4O2S. The number of methoxy groups -OCH3 is 1. The summed E-state index contributed by atoms with van der Waals surface area (Å²) in [5, 5.41) is 16.6. The predicted octanol–water partition coefficient (Wildman–Crippen LogP) is 4.33. The Morgan fingerprint density at radius 1 is 1.12 bits per heavy atom. The van der Waals surface area contributed by atoms with Gasteiger partial charge in [0.05, 0.1) is 24.4 Å². The molecule has 0 radical (unpaired) electrons. The smallest absolute Gasteiger partial charge is 0.325 e. The highest BCUT2D eigenvalue weighted by Crippen LogP contribution is 2.25. The van der Waals surface area contributed by atoms with Crippen molar-refractivity contribution in [3.05, 3.63) is 59.5 Å². The zero-order valence-corrected chi connectivity index (χ0v) is 14.1. The first-order chi connectivity index (χ1) is 12.2. The molecule has 2 amide bonds. The summed E-state index contributed by atoms with van der Waals surface area (Å²) in [5.41, 5.74) is 2.88. The van der Waals surface area contributed by atoms with Crippen LogP contribution in [0.15, 0.2) is 53.9 Å². The van der Waals surface area contributed by atoms with Crippen LogP contribution in [0.5, 0.6) is 5.75 Å². The average molecular weight is 350 g/mol. The largest absolute Gasteiger partial charge is 0.497 e. The summed E-state index contributed by atoms with van der Waals surface area (Å²) < 4.78 is 5.07. The quantitative estimate of drug-likeness (QED) is 0.733. The van der Waals surface area contributed by atoms with E-state index in [1.807, 2.05) is 17.5 Å². The monoisotopic (exact) mass is 350 g/mol. The molecule has 0 saturated carbocycles. The number of thiazole rings is 1. The maximum atomic E-state index is 12.0. The van der Waals surface area contributed by atoms with Crippen molar-refractivity contribution in [3.63, 3.8) is 0 Å². The van der Waals surface area contributed by atoms with Crippen molar-refractivity contribution < 1.29 is 9.53 Å². The van der Waals surface area contributed by atoms with Crippen LogP contribution < -0.4 is 15.4 Å². The van der Waals surface area contributed by atoms with Crippen molar-refractivity contribution in [2.24, 2.45) is 0 Å². The van der Waals surface area contributed by atoms with E-state index in [4.69, 9.17) is 10.00 Å². The Bertz CT molecular complexity index is 911. The van der Waals surface area contributed by atoms with E-state index >= 15 is 0 Å². The van der Waals surface area contributed by atoms with Crippen molar-refractivity contribution in [2.75, 3.05) is 17.7 Å². The van der Waals surface area contributed by atoms with Gasteiger partial charge in [-0.1, -0.05) is 12.1 Å². The second kappa shape index (κ2) is 7.47. The van der Waals surface area contributed by atoms with Crippen molar-refractivity contribution in [1.29, 1.82) is 5.26 Å². The molecule has 2 N–H and O–H groups in total. The van der Waals surface area contributed by atoms with E-state index < -0.39 is 0 Å². The summed E-state index contributed by atoms with van der Waals surface area (Å²) in [5.74, 6) is 0.720. The van der Waals surface area contributed by atoms with Gasteiger partial charge in [-0.2, -0.15) is 5.26 Å². The van der Waals surface area contributed by atoms with Crippen LogP contribution in [0.1, 0.15) is 5.56 Å². The van der Waals surface area contributed by atoms with Crippen LogP contribution >= 0.6 is 11.3 Å². The number of nitrogens with one attached hydrogen (secondary N) is 2. The molecule has 0 unspecified atom stereocenters. The number of hydrogen-bond donors (Lipinski definition) is 2. The molecule has 0 bridgehead atoms. The normalized spacial score (nSPS) is 9.92. The summed E-state index contributed by atoms with van der Waals surface area (Å²) in [6.07, 6.45) is 0. The maximum absolute atomic E-state index is 12.0. The van der Waals surface area contributed by atoms with E-state index in [0.717, 1.165) is 17.0 Å². The number of anilines is 2. The van der Waals surface area contributed by atoms with Gasteiger partial charge in [0.15, 0.2) is 5.13 Å². The molecule has 0 fully saturated rings. The minimum Gasteiger partial charge on any atom is -0.497 e. The molecule has 0 aliphatic carbocycles. The number of amides is 2. The fraction of sp³-hybridized carbons (Fsp3) is 0.0556. The second-order valence-corrected chi connectivity index (χ2v) is 5.89. The molecule has 3 rings (SSSR count). The SMILES string of the molecule is COc1ccc(NC(=O)Nc2nc(-c3ccc(C#N)cc3)cs2)cc1. The van der Waals surface area contributed by atoms with Crippen LogP contribution in [0.25, 0.3) is 11.3 Å². The van der Waals surface area contributed by atoms with E-state index in [2.05, 4.69) is 21.7 Å². The van der Waals surface area contributed by atoms with Crippen LogP contribution in [0, 0.1) is 11.3 Å². The Kier molecular flexibility index (Phi) is 4.92. The molecule has 0 aliphatic rings. The Morgan fingerprint density at radius 2 is 1.84 bits per heavy atom. The van der Waals surface area contributed by atoms with Gasteiger partial charge >= 0.3 is 6.03 Å². The third kappa shape index (κ3) is 4.13. The van der Waals surface area contributed by atoms with E-state index in [-0.39, 0.29) is 6.03 Å². The summed E-state index contributed by atoms with van der Waals surface area (Å²) in [6.45, 7) is 0. The fourth-order valence-corrected chi connectivity index (χ4v) is 2.83. The standard InChI is InChI=1S/C18H14N4O2S/c1-24-15-8-6-14(7-9-15)20-17(23)22-18-21-16(11-25-18)13-4-2-12(10-19)3-5-13/h2-9,11H,1H3,(H2,20,21,22,23). The maximum Gasteiger partial charge on any atom is 0.325 e. The number of hydrogen-bond acceptors (Lipinski definition) is 5. The van der Waals surface area contributed by atoms with Crippen LogP contribution in [0.2, 0.25) is 0 Å². The van der Waals surface area contributed by atoms with E-state index in [0.29, 0.717) is 16.4 Å². The lowest BCUT2D eigenvalue weighted by atomic mass is 10.1. The molecular weight excluding hydrogens is 336 g/mol. The zero-order valence-electron chi connectivity index (χ0n) is 13.3. The lowest BCUT2D eigenvalue weighted by Crippen LogP contribution is -2.19. The third-order valence-electron chi connectivity index (χ3n) is 3.38. The molecule has 1 aromatic heterocycles. The summed E-state index contributed by atoms with van der Waals surface area (Å²) in [4.78, 5) is 16.4. The number of carbonyl (C=O) groups excluding carboxylic acids is 1. The number of rotatable bonds is 4. The Hall–Kier alpha value is -3.37. The number of nitriles is 1. The molecule has 124 valence electrons. The summed E-state index contributed by atoms with van der Waals surface area (Å²) >= 11 is 1.33. The number of carbonyl (C=O) groups is 1. The van der Waals surface area contributed by atoms with Gasteiger partial charge in [0, 0.05) is 16.6 Å². The van der Waals surface area contributed by atoms with Gasteiger partial charge in [-0.25, -0.2) is 9.78 Å². The predicted molar refractivity (Wildman–Crippen MR) is 97.9 cm³/mol. The second-order valence-electron chi connectivity index (χ2n) is 5.03. The lowest BCUT2D eigenvalue weighted by Gasteiger charge is -2.06. The van der Waals surface area contributed by atoms with Gasteiger partial charge in [-0.15, -0.1) is 11.3 Å². The zero-order chi connectivity index (χ0) is 17.6. The third-order valence-corrected chi connectivity index (χ3v) is 4.14. The molecule has 7 heteroatoms. The molecule has 1 heterocycles. The van der Waals surface area contributed by atoms with Crippen LogP contribution in [-0.2, 0) is 0 Å². The number of nitrogens with zero attached hydrogens (tertiary/aromatic N) is 2. The number of aromatic nitrogens is 1. The van der Waals surface area contributed by atoms with Crippen molar-refractivity contribution >= 4 is 28.2 Å². The van der Waals surface area contributed by atoms with Gasteiger partial charge in [0.25, 0.3) is 0 Å². The highest BCUT2D eigenvalue weighted by Gasteiger charge is 2.08. The van der Waals surface area contributed by atoms with Gasteiger partial charge in [0.2, 0.25) is 0 Å². The highest BCUT2D eigenvalue weighted by atomic mass is 32.1. The highest BCUT2D eigenvalue weighted by molar-refractivity contribution is 7.14. The topological polar surface area (TPSA) is 87.0 Å². The van der Waals surface area contributed by atoms with Gasteiger partial charge < -0.3 is 10.1 Å². The lowest BCUT2D eigenvalue weighted by molar-refractivity contribution is 0.262. The minimum atomic E-state index is -0.370. The van der Waals surface area contributed by atoms with Crippen molar-refractivity contribution in [2.45, 2.75) is 0 Å². The minimum absolute atomic E-state index is 0.370. The van der Waals surface area contributed by atoms with Crippen LogP contribution in [-0.4, -0.2) is 18.1 Å². The molecule has 2 aromatic carbocycles. The molecule has 0 saturated heterocycles. The van der Waals surface area contributed by atoms with E-state index in [1.54, 1.807) is 43.5 Å². The van der Waals surface area contributed by atoms with Gasteiger partial charge in [-0.3, -0.25) is 5.32 Å². The molecule has 3 aromatic rings. The molecule has 6 nitrogen and oxygen atoms in total. The van der Waals surface area contributed by atoms with E-state index in [9.17, 15) is 4.79 Å². The van der Waals surface area contributed by atoms with Crippen molar-refractivity contribution in [1.82, 2.24) is 4.98 Å². The summed E-state index contributed by atoms with van der Waals surface area (Å²) in [6, 6.07) is 15.9. The first-order valence-corrected chi connectivity index (χ1v) is 8.24. The van der Waals surface area contributed by atoms with Crippen molar-refractivity contribution in [3.8, 4) is 23.1 Å². The first-order valence-electron chi connectivity index (χ1n) is 7.36. The first kappa shape index (κ1) is 16.5. The number of ether oxygens (including phenoxy) is 1. The summed E-state index contributed by atoms with van der Waals surface area (Å²) in [7, 11) is 1.59. The molecule has 0 spiro atoms. The Labute approximate surface area is 148 Å². The number of urea groups is 1.